The first-order valence-corrected chi connectivity index (χ1v) is 5.82. The smallest absolute Gasteiger partial charge is 0.165 e. The van der Waals surface area contributed by atoms with Gasteiger partial charge in [0.2, 0.25) is 0 Å². The molecule has 1 aromatic rings. The molecule has 2 heterocycles. The van der Waals surface area contributed by atoms with Gasteiger partial charge >= 0.3 is 0 Å². The molecule has 0 amide bonds. The van der Waals surface area contributed by atoms with Gasteiger partial charge < -0.3 is 14.8 Å². The quantitative estimate of drug-likeness (QED) is 0.822. The maximum absolute atomic E-state index is 5.95. The molecule has 0 atom stereocenters. The van der Waals surface area contributed by atoms with Gasteiger partial charge in [-0.25, -0.2) is 0 Å². The molecular formula is C13H17NO2. The number of hydrogen-bond donors (Lipinski definition) is 1. The van der Waals surface area contributed by atoms with Crippen LogP contribution in [0.3, 0.4) is 0 Å². The fourth-order valence-electron chi connectivity index (χ4n) is 2.21. The van der Waals surface area contributed by atoms with E-state index < -0.39 is 0 Å². The molecule has 3 nitrogen and oxygen atoms in total. The zero-order chi connectivity index (χ0) is 11.2. The van der Waals surface area contributed by atoms with Crippen LogP contribution in [0.15, 0.2) is 18.2 Å². The van der Waals surface area contributed by atoms with Gasteiger partial charge in [0, 0.05) is 25.1 Å². The molecule has 0 saturated carbocycles. The maximum atomic E-state index is 5.95. The van der Waals surface area contributed by atoms with Gasteiger partial charge in [-0.05, 0) is 19.9 Å². The van der Waals surface area contributed by atoms with E-state index in [0.29, 0.717) is 6.10 Å². The van der Waals surface area contributed by atoms with Crippen molar-refractivity contribution < 1.29 is 9.47 Å². The Morgan fingerprint density at radius 1 is 1.38 bits per heavy atom. The lowest BCUT2D eigenvalue weighted by Gasteiger charge is -2.28. The van der Waals surface area contributed by atoms with E-state index in [2.05, 4.69) is 25.2 Å². The minimum Gasteiger partial charge on any atom is -0.484 e. The van der Waals surface area contributed by atoms with Crippen molar-refractivity contribution in [3.63, 3.8) is 0 Å². The first-order valence-electron chi connectivity index (χ1n) is 5.82. The van der Waals surface area contributed by atoms with Crippen LogP contribution >= 0.6 is 0 Å². The maximum Gasteiger partial charge on any atom is 0.165 e. The highest BCUT2D eigenvalue weighted by Crippen LogP contribution is 2.42. The van der Waals surface area contributed by atoms with Crippen molar-refractivity contribution in [2.24, 2.45) is 0 Å². The van der Waals surface area contributed by atoms with E-state index in [9.17, 15) is 0 Å². The molecule has 0 radical (unpaired) electrons. The predicted octanol–water partition coefficient (Wildman–Crippen LogP) is 1.75. The average Bonchev–Trinajstić information content (AvgIpc) is 2.46. The molecule has 2 aliphatic heterocycles. The molecular weight excluding hydrogens is 202 g/mol. The zero-order valence-corrected chi connectivity index (χ0v) is 9.75. The van der Waals surface area contributed by atoms with Crippen LogP contribution in [0.1, 0.15) is 19.4 Å². The Hall–Kier alpha value is -1.22. The van der Waals surface area contributed by atoms with E-state index >= 15 is 0 Å². The molecule has 2 aliphatic rings. The van der Waals surface area contributed by atoms with Crippen molar-refractivity contribution in [1.29, 1.82) is 0 Å². The highest BCUT2D eigenvalue weighted by atomic mass is 16.5. The van der Waals surface area contributed by atoms with Crippen LogP contribution < -0.4 is 14.8 Å². The van der Waals surface area contributed by atoms with Crippen molar-refractivity contribution in [3.8, 4) is 11.5 Å². The van der Waals surface area contributed by atoms with Crippen LogP contribution in [-0.4, -0.2) is 24.8 Å². The first-order chi connectivity index (χ1) is 7.64. The second kappa shape index (κ2) is 3.39. The molecule has 86 valence electrons. The molecule has 1 fully saturated rings. The van der Waals surface area contributed by atoms with Crippen LogP contribution in [0.5, 0.6) is 11.5 Å². The van der Waals surface area contributed by atoms with Gasteiger partial charge in [0.1, 0.15) is 11.7 Å². The molecule has 1 saturated heterocycles. The number of nitrogens with one attached hydrogen (secondary N) is 1. The van der Waals surface area contributed by atoms with Gasteiger partial charge in [-0.1, -0.05) is 12.1 Å². The topological polar surface area (TPSA) is 30.5 Å². The molecule has 0 bridgehead atoms. The second-order valence-corrected chi connectivity index (χ2v) is 5.18. The molecule has 1 N–H and O–H groups in total. The van der Waals surface area contributed by atoms with E-state index in [1.807, 2.05) is 12.1 Å². The summed E-state index contributed by atoms with van der Waals surface area (Å²) in [5.41, 5.74) is 1.16. The van der Waals surface area contributed by atoms with Gasteiger partial charge in [0.15, 0.2) is 11.5 Å². The molecule has 0 spiro atoms. The monoisotopic (exact) mass is 219 g/mol. The third-order valence-corrected chi connectivity index (χ3v) is 3.09. The number of hydrogen-bond acceptors (Lipinski definition) is 3. The van der Waals surface area contributed by atoms with E-state index in [1.54, 1.807) is 0 Å². The molecule has 3 heteroatoms. The van der Waals surface area contributed by atoms with Crippen LogP contribution in [0.4, 0.5) is 0 Å². The number of rotatable bonds is 2. The SMILES string of the molecule is CC1(C)Cc2cccc(OC3CNC3)c2O1. The predicted molar refractivity (Wildman–Crippen MR) is 62.1 cm³/mol. The van der Waals surface area contributed by atoms with Crippen LogP contribution in [-0.2, 0) is 6.42 Å². The fraction of sp³-hybridized carbons (Fsp3) is 0.538. The summed E-state index contributed by atoms with van der Waals surface area (Å²) in [7, 11) is 0. The standard InChI is InChI=1S/C13H17NO2/c1-13(2)6-9-4-3-5-11(12(9)16-13)15-10-7-14-8-10/h3-5,10,14H,6-8H2,1-2H3. The minimum atomic E-state index is -0.0976. The summed E-state index contributed by atoms with van der Waals surface area (Å²) in [6.45, 7) is 6.10. The van der Waals surface area contributed by atoms with Gasteiger partial charge in [0.25, 0.3) is 0 Å². The molecule has 1 aromatic carbocycles. The summed E-state index contributed by atoms with van der Waals surface area (Å²) in [4.78, 5) is 0. The Bertz CT molecular complexity index is 410. The molecule has 0 unspecified atom stereocenters. The van der Waals surface area contributed by atoms with Crippen molar-refractivity contribution in [2.45, 2.75) is 32.0 Å². The minimum absolute atomic E-state index is 0.0976. The Labute approximate surface area is 95.8 Å². The average molecular weight is 219 g/mol. The highest BCUT2D eigenvalue weighted by Gasteiger charge is 2.33. The second-order valence-electron chi connectivity index (χ2n) is 5.18. The third kappa shape index (κ3) is 1.65. The molecule has 16 heavy (non-hydrogen) atoms. The summed E-state index contributed by atoms with van der Waals surface area (Å²) >= 11 is 0. The molecule has 0 aromatic heterocycles. The highest BCUT2D eigenvalue weighted by molar-refractivity contribution is 5.50. The number of fused-ring (bicyclic) bond motifs is 1. The van der Waals surface area contributed by atoms with Crippen molar-refractivity contribution in [3.05, 3.63) is 23.8 Å². The number of benzene rings is 1. The van der Waals surface area contributed by atoms with Gasteiger partial charge in [-0.3, -0.25) is 0 Å². The Morgan fingerprint density at radius 3 is 2.88 bits per heavy atom. The lowest BCUT2D eigenvalue weighted by atomic mass is 10.0. The fourth-order valence-corrected chi connectivity index (χ4v) is 2.21. The lowest BCUT2D eigenvalue weighted by Crippen LogP contribution is -2.50. The first kappa shape index (κ1) is 9.97. The van der Waals surface area contributed by atoms with Gasteiger partial charge in [-0.2, -0.15) is 0 Å². The summed E-state index contributed by atoms with van der Waals surface area (Å²) in [6, 6.07) is 6.17. The van der Waals surface area contributed by atoms with Crippen molar-refractivity contribution >= 4 is 0 Å². The van der Waals surface area contributed by atoms with Crippen molar-refractivity contribution in [1.82, 2.24) is 5.32 Å². The van der Waals surface area contributed by atoms with E-state index in [1.165, 1.54) is 5.56 Å². The lowest BCUT2D eigenvalue weighted by molar-refractivity contribution is 0.110. The van der Waals surface area contributed by atoms with E-state index in [-0.39, 0.29) is 5.60 Å². The van der Waals surface area contributed by atoms with Crippen LogP contribution in [0.25, 0.3) is 0 Å². The Balaban J connectivity index is 1.87. The number of para-hydroxylation sites is 1. The molecule has 0 aliphatic carbocycles. The zero-order valence-electron chi connectivity index (χ0n) is 9.75. The van der Waals surface area contributed by atoms with E-state index in [0.717, 1.165) is 31.0 Å². The Kier molecular flexibility index (Phi) is 2.11. The normalized spacial score (nSPS) is 22.1. The van der Waals surface area contributed by atoms with Crippen LogP contribution in [0.2, 0.25) is 0 Å². The van der Waals surface area contributed by atoms with Gasteiger partial charge in [-0.15, -0.1) is 0 Å². The largest absolute Gasteiger partial charge is 0.484 e. The van der Waals surface area contributed by atoms with Gasteiger partial charge in [0.05, 0.1) is 0 Å². The summed E-state index contributed by atoms with van der Waals surface area (Å²) in [5, 5.41) is 3.20. The molecule has 3 rings (SSSR count). The Morgan fingerprint density at radius 2 is 2.19 bits per heavy atom. The summed E-state index contributed by atoms with van der Waals surface area (Å²) < 4.78 is 11.8. The van der Waals surface area contributed by atoms with Crippen LogP contribution in [0, 0.1) is 0 Å². The number of ether oxygens (including phenoxy) is 2. The summed E-state index contributed by atoms with van der Waals surface area (Å²) in [6.07, 6.45) is 1.27. The third-order valence-electron chi connectivity index (χ3n) is 3.09. The van der Waals surface area contributed by atoms with Crippen molar-refractivity contribution in [2.75, 3.05) is 13.1 Å². The van der Waals surface area contributed by atoms with E-state index in [4.69, 9.17) is 9.47 Å². The summed E-state index contributed by atoms with van der Waals surface area (Å²) in [5.74, 6) is 1.84.